The maximum absolute atomic E-state index is 13.5. The van der Waals surface area contributed by atoms with Crippen molar-refractivity contribution in [3.63, 3.8) is 0 Å². The third-order valence-corrected chi connectivity index (χ3v) is 10.2. The molecule has 0 unspecified atom stereocenters. The molecule has 35 heavy (non-hydrogen) atoms. The van der Waals surface area contributed by atoms with Gasteiger partial charge in [0.2, 0.25) is 0 Å². The lowest BCUT2D eigenvalue weighted by Gasteiger charge is -2.60. The molecule has 6 aliphatic rings. The minimum absolute atomic E-state index is 0.199. The minimum Gasteiger partial charge on any atom is -0.393 e. The number of fused-ring (bicyclic) bond motifs is 3. The van der Waals surface area contributed by atoms with Gasteiger partial charge in [-0.05, 0) is 31.3 Å². The molecule has 6 fully saturated rings. The van der Waals surface area contributed by atoms with Crippen molar-refractivity contribution in [2.75, 3.05) is 6.61 Å². The van der Waals surface area contributed by atoms with Gasteiger partial charge < -0.3 is 34.3 Å². The van der Waals surface area contributed by atoms with Gasteiger partial charge in [0, 0.05) is 23.3 Å². The van der Waals surface area contributed by atoms with E-state index in [4.69, 9.17) is 18.9 Å². The molecule has 1 aromatic carbocycles. The number of aliphatic hydroxyl groups is 3. The van der Waals surface area contributed by atoms with E-state index in [2.05, 4.69) is 6.58 Å². The second-order valence-corrected chi connectivity index (χ2v) is 11.8. The second kappa shape index (κ2) is 6.42. The Labute approximate surface area is 203 Å². The van der Waals surface area contributed by atoms with E-state index in [0.29, 0.717) is 18.4 Å². The Hall–Kier alpha value is -1.65. The van der Waals surface area contributed by atoms with Crippen molar-refractivity contribution in [2.45, 2.75) is 80.3 Å². The summed E-state index contributed by atoms with van der Waals surface area (Å²) >= 11 is 0. The summed E-state index contributed by atoms with van der Waals surface area (Å²) in [6.07, 6.45) is -1.97. The molecule has 0 spiro atoms. The predicted molar refractivity (Wildman–Crippen MR) is 121 cm³/mol. The number of carbonyl (C=O) groups excluding carboxylic acids is 1. The van der Waals surface area contributed by atoms with E-state index in [1.54, 1.807) is 6.92 Å². The molecule has 188 valence electrons. The Morgan fingerprint density at radius 3 is 2.51 bits per heavy atom. The number of ketones is 1. The zero-order chi connectivity index (χ0) is 24.8. The van der Waals surface area contributed by atoms with Crippen LogP contribution in [0.4, 0.5) is 0 Å². The van der Waals surface area contributed by atoms with Crippen LogP contribution in [0.15, 0.2) is 42.5 Å². The Kier molecular flexibility index (Phi) is 4.14. The third-order valence-electron chi connectivity index (χ3n) is 10.2. The Morgan fingerprint density at radius 2 is 1.86 bits per heavy atom. The highest BCUT2D eigenvalue weighted by atomic mass is 16.9. The first-order valence-electron chi connectivity index (χ1n) is 12.6. The van der Waals surface area contributed by atoms with E-state index in [1.807, 2.05) is 44.2 Å². The van der Waals surface area contributed by atoms with Crippen LogP contribution in [0, 0.1) is 23.7 Å². The molecular formula is C27H32O8. The van der Waals surface area contributed by atoms with Crippen LogP contribution in [-0.2, 0) is 29.7 Å². The summed E-state index contributed by atoms with van der Waals surface area (Å²) in [5.41, 5.74) is -4.14. The smallest absolute Gasteiger partial charge is 0.313 e. The highest BCUT2D eigenvalue weighted by molar-refractivity contribution is 5.93. The monoisotopic (exact) mass is 484 g/mol. The number of hydrogen-bond donors (Lipinski definition) is 3. The highest BCUT2D eigenvalue weighted by Gasteiger charge is 2.89. The molecule has 3 saturated heterocycles. The normalized spacial score (nSPS) is 57.3. The number of benzene rings is 1. The fourth-order valence-corrected chi connectivity index (χ4v) is 8.55. The number of carbonyl (C=O) groups is 1. The van der Waals surface area contributed by atoms with Gasteiger partial charge in [0.1, 0.15) is 29.5 Å². The van der Waals surface area contributed by atoms with Crippen LogP contribution in [0.3, 0.4) is 0 Å². The van der Waals surface area contributed by atoms with Gasteiger partial charge in [-0.1, -0.05) is 50.8 Å². The van der Waals surface area contributed by atoms with Gasteiger partial charge >= 0.3 is 5.97 Å². The Balaban J connectivity index is 1.52. The summed E-state index contributed by atoms with van der Waals surface area (Å²) in [5, 5.41) is 34.1. The van der Waals surface area contributed by atoms with E-state index < -0.39 is 76.8 Å². The van der Waals surface area contributed by atoms with Crippen molar-refractivity contribution in [1.29, 1.82) is 0 Å². The molecule has 0 radical (unpaired) electrons. The van der Waals surface area contributed by atoms with Crippen molar-refractivity contribution in [1.82, 2.24) is 0 Å². The van der Waals surface area contributed by atoms with Gasteiger partial charge in [0.05, 0.1) is 12.2 Å². The molecule has 1 aromatic rings. The Bertz CT molecular complexity index is 1140. The topological polar surface area (TPSA) is 118 Å². The largest absolute Gasteiger partial charge is 0.393 e. The zero-order valence-corrected chi connectivity index (χ0v) is 20.1. The molecule has 3 aliphatic carbocycles. The van der Waals surface area contributed by atoms with Crippen LogP contribution in [-0.4, -0.2) is 68.4 Å². The van der Waals surface area contributed by atoms with E-state index in [0.717, 1.165) is 5.57 Å². The molecule has 3 aliphatic heterocycles. The van der Waals surface area contributed by atoms with E-state index in [9.17, 15) is 20.1 Å². The van der Waals surface area contributed by atoms with Gasteiger partial charge in [0.15, 0.2) is 11.4 Å². The third kappa shape index (κ3) is 2.20. The van der Waals surface area contributed by atoms with E-state index in [-0.39, 0.29) is 5.92 Å². The zero-order valence-electron chi connectivity index (χ0n) is 20.1. The van der Waals surface area contributed by atoms with Gasteiger partial charge in [0.25, 0.3) is 0 Å². The average molecular weight is 485 g/mol. The molecule has 8 heteroatoms. The van der Waals surface area contributed by atoms with Crippen molar-refractivity contribution in [3.05, 3.63) is 48.0 Å². The SMILES string of the molecule is C=C(C)[C@]12C[C@@H](C)[C@@]34O[C@@](c5ccccc5)(O[C@H]1[C@@H]3[C@@H]1O[C@]1(CO)[C@@H](O)[C@]1(O)C(=O)[C@@H](C)C[C@@H]14)O2. The van der Waals surface area contributed by atoms with Crippen LogP contribution < -0.4 is 0 Å². The minimum atomic E-state index is -2.13. The first kappa shape index (κ1) is 22.5. The maximum Gasteiger partial charge on any atom is 0.313 e. The quantitative estimate of drug-likeness (QED) is 0.436. The average Bonchev–Trinajstić information content (AvgIpc) is 3.48. The summed E-state index contributed by atoms with van der Waals surface area (Å²) in [6, 6.07) is 9.41. The fourth-order valence-electron chi connectivity index (χ4n) is 8.55. The molecule has 0 amide bonds. The highest BCUT2D eigenvalue weighted by Crippen LogP contribution is 2.74. The van der Waals surface area contributed by atoms with Gasteiger partial charge in [-0.3, -0.25) is 4.79 Å². The second-order valence-electron chi connectivity index (χ2n) is 11.8. The summed E-state index contributed by atoms with van der Waals surface area (Å²) in [4.78, 5) is 13.5. The molecular weight excluding hydrogens is 452 g/mol. The molecule has 3 bridgehead atoms. The van der Waals surface area contributed by atoms with Crippen molar-refractivity contribution >= 4 is 5.78 Å². The van der Waals surface area contributed by atoms with Crippen molar-refractivity contribution in [2.24, 2.45) is 23.7 Å². The van der Waals surface area contributed by atoms with Gasteiger partial charge in [-0.2, -0.15) is 0 Å². The standard InChI is InChI=1S/C27H32O8/c1-13(2)23-11-15(4)26-17-10-14(3)19(29)25(17,31)22(30)24(12-28)21(32-24)18(26)20(23)33-27(34-23,35-26)16-8-6-5-7-9-16/h5-9,14-15,17-18,20-22,28,30-31H,1,10-12H2,2-4H3/t14-,15+,17-,18+,20-,21-,22+,23+,24-,25+,26-,27-/m0/s1. The first-order valence-corrected chi connectivity index (χ1v) is 12.6. The van der Waals surface area contributed by atoms with Gasteiger partial charge in [-0.25, -0.2) is 0 Å². The van der Waals surface area contributed by atoms with Crippen LogP contribution in [0.5, 0.6) is 0 Å². The number of hydrogen-bond acceptors (Lipinski definition) is 8. The lowest BCUT2D eigenvalue weighted by atomic mass is 9.54. The van der Waals surface area contributed by atoms with E-state index >= 15 is 0 Å². The van der Waals surface area contributed by atoms with Gasteiger partial charge in [-0.15, -0.1) is 0 Å². The first-order chi connectivity index (χ1) is 16.5. The van der Waals surface area contributed by atoms with Crippen molar-refractivity contribution < 1.29 is 39.1 Å². The summed E-state index contributed by atoms with van der Waals surface area (Å²) < 4.78 is 26.6. The van der Waals surface area contributed by atoms with E-state index in [1.165, 1.54) is 0 Å². The van der Waals surface area contributed by atoms with Crippen LogP contribution >= 0.6 is 0 Å². The molecule has 3 N–H and O–H groups in total. The molecule has 7 rings (SSSR count). The molecule has 0 aromatic heterocycles. The lowest BCUT2D eigenvalue weighted by molar-refractivity contribution is -0.442. The molecule has 3 heterocycles. The Morgan fingerprint density at radius 1 is 1.14 bits per heavy atom. The number of epoxide rings is 1. The van der Waals surface area contributed by atoms with Crippen LogP contribution in [0.1, 0.15) is 39.2 Å². The molecule has 8 nitrogen and oxygen atoms in total. The number of Topliss-reactive ketones (excluding diaryl/α,β-unsaturated/α-hetero) is 1. The summed E-state index contributed by atoms with van der Waals surface area (Å²) in [5.74, 6) is -3.91. The summed E-state index contributed by atoms with van der Waals surface area (Å²) in [6.45, 7) is 9.47. The lowest BCUT2D eigenvalue weighted by Crippen LogP contribution is -2.72. The number of aliphatic hydroxyl groups excluding tert-OH is 2. The van der Waals surface area contributed by atoms with Crippen molar-refractivity contribution in [3.8, 4) is 0 Å². The van der Waals surface area contributed by atoms with Crippen LogP contribution in [0.2, 0.25) is 0 Å². The summed E-state index contributed by atoms with van der Waals surface area (Å²) in [7, 11) is 0. The predicted octanol–water partition coefficient (Wildman–Crippen LogP) is 1.41. The number of rotatable bonds is 3. The molecule has 3 saturated carbocycles. The number of ether oxygens (including phenoxy) is 4. The molecule has 12 atom stereocenters. The van der Waals surface area contributed by atoms with Crippen LogP contribution in [0.25, 0.3) is 0 Å². The fraction of sp³-hybridized carbons (Fsp3) is 0.667. The maximum atomic E-state index is 13.5.